The maximum absolute atomic E-state index is 2.56. The van der Waals surface area contributed by atoms with Gasteiger partial charge in [-0.2, -0.15) is 0 Å². The van der Waals surface area contributed by atoms with Gasteiger partial charge < -0.3 is 4.90 Å². The van der Waals surface area contributed by atoms with Crippen molar-refractivity contribution in [2.24, 2.45) is 0 Å². The van der Waals surface area contributed by atoms with Gasteiger partial charge in [-0.3, -0.25) is 0 Å². The fraction of sp³-hybridized carbons (Fsp3) is 1.00. The van der Waals surface area contributed by atoms with Crippen LogP contribution in [0, 0.1) is 0 Å². The molecule has 0 spiro atoms. The van der Waals surface area contributed by atoms with E-state index in [1.807, 2.05) is 0 Å². The third-order valence-corrected chi connectivity index (χ3v) is 2.25. The Balaban J connectivity index is 1.84. The highest BCUT2D eigenvalue weighted by Gasteiger charge is 2.35. The largest absolute Gasteiger partial charge is 0.300 e. The average Bonchev–Trinajstić information content (AvgIpc) is 2.63. The van der Waals surface area contributed by atoms with E-state index in [1.165, 1.54) is 25.7 Å². The van der Waals surface area contributed by atoms with Gasteiger partial charge in [0.1, 0.15) is 0 Å². The first kappa shape index (κ1) is 4.80. The molecule has 2 fully saturated rings. The van der Waals surface area contributed by atoms with Crippen molar-refractivity contribution < 1.29 is 0 Å². The maximum Gasteiger partial charge on any atom is 0.00963 e. The van der Waals surface area contributed by atoms with E-state index in [0.29, 0.717) is 0 Å². The van der Waals surface area contributed by atoms with Gasteiger partial charge in [0, 0.05) is 12.1 Å². The zero-order valence-electron chi connectivity index (χ0n) is 5.43. The van der Waals surface area contributed by atoms with Crippen molar-refractivity contribution in [3.05, 3.63) is 0 Å². The molecule has 8 heavy (non-hydrogen) atoms. The second kappa shape index (κ2) is 1.47. The third-order valence-electron chi connectivity index (χ3n) is 2.25. The highest BCUT2D eigenvalue weighted by molar-refractivity contribution is 4.92. The van der Waals surface area contributed by atoms with E-state index in [9.17, 15) is 0 Å². The van der Waals surface area contributed by atoms with Gasteiger partial charge in [0.25, 0.3) is 0 Å². The van der Waals surface area contributed by atoms with Crippen LogP contribution < -0.4 is 0 Å². The first-order chi connectivity index (χ1) is 3.88. The molecule has 46 valence electrons. The average molecular weight is 111 g/mol. The molecule has 0 heterocycles. The summed E-state index contributed by atoms with van der Waals surface area (Å²) >= 11 is 0. The summed E-state index contributed by atoms with van der Waals surface area (Å²) < 4.78 is 0. The van der Waals surface area contributed by atoms with Gasteiger partial charge in [-0.05, 0) is 32.7 Å². The van der Waals surface area contributed by atoms with Crippen LogP contribution in [0.3, 0.4) is 0 Å². The van der Waals surface area contributed by atoms with E-state index < -0.39 is 0 Å². The van der Waals surface area contributed by atoms with Crippen LogP contribution in [0.15, 0.2) is 0 Å². The molecule has 0 saturated heterocycles. The summed E-state index contributed by atoms with van der Waals surface area (Å²) in [4.78, 5) is 2.56. The van der Waals surface area contributed by atoms with E-state index in [-0.39, 0.29) is 0 Å². The van der Waals surface area contributed by atoms with Crippen LogP contribution in [0.2, 0.25) is 0 Å². The summed E-state index contributed by atoms with van der Waals surface area (Å²) in [6.07, 6.45) is 5.86. The molecule has 0 unspecified atom stereocenters. The second-order valence-electron chi connectivity index (χ2n) is 3.13. The summed E-state index contributed by atoms with van der Waals surface area (Å²) in [5, 5.41) is 0. The standard InChI is InChI=1S/C7H13N/c1-8(6-2-3-6)7-4-5-7/h6-7H,2-5H2,1H3. The summed E-state index contributed by atoms with van der Waals surface area (Å²) in [6.45, 7) is 0. The Morgan fingerprint density at radius 3 is 1.62 bits per heavy atom. The summed E-state index contributed by atoms with van der Waals surface area (Å²) in [6, 6.07) is 1.98. The van der Waals surface area contributed by atoms with E-state index in [4.69, 9.17) is 0 Å². The van der Waals surface area contributed by atoms with Gasteiger partial charge >= 0.3 is 0 Å². The van der Waals surface area contributed by atoms with E-state index in [2.05, 4.69) is 11.9 Å². The second-order valence-corrected chi connectivity index (χ2v) is 3.13. The van der Waals surface area contributed by atoms with Crippen LogP contribution in [0.5, 0.6) is 0 Å². The molecule has 2 rings (SSSR count). The van der Waals surface area contributed by atoms with Gasteiger partial charge in [-0.15, -0.1) is 0 Å². The Bertz CT molecular complexity index is 80.6. The van der Waals surface area contributed by atoms with E-state index >= 15 is 0 Å². The van der Waals surface area contributed by atoms with Crippen molar-refractivity contribution in [3.8, 4) is 0 Å². The van der Waals surface area contributed by atoms with Crippen LogP contribution >= 0.6 is 0 Å². The van der Waals surface area contributed by atoms with Crippen LogP contribution in [0.25, 0.3) is 0 Å². The van der Waals surface area contributed by atoms with Crippen molar-refractivity contribution >= 4 is 0 Å². The van der Waals surface area contributed by atoms with Gasteiger partial charge in [0.15, 0.2) is 0 Å². The first-order valence-corrected chi connectivity index (χ1v) is 3.60. The lowest BCUT2D eigenvalue weighted by molar-refractivity contribution is 0.314. The summed E-state index contributed by atoms with van der Waals surface area (Å²) in [5.74, 6) is 0. The lowest BCUT2D eigenvalue weighted by Crippen LogP contribution is -2.22. The van der Waals surface area contributed by atoms with E-state index in [1.54, 1.807) is 0 Å². The Hall–Kier alpha value is -0.0400. The highest BCUT2D eigenvalue weighted by Crippen LogP contribution is 2.35. The Kier molecular flexibility index (Phi) is 0.884. The SMILES string of the molecule is CN(C1CC1)C1CC1. The molecule has 0 bridgehead atoms. The molecule has 2 aliphatic rings. The van der Waals surface area contributed by atoms with Crippen molar-refractivity contribution in [1.29, 1.82) is 0 Å². The highest BCUT2D eigenvalue weighted by atomic mass is 15.2. The Morgan fingerprint density at radius 1 is 1.00 bits per heavy atom. The molecule has 0 N–H and O–H groups in total. The monoisotopic (exact) mass is 111 g/mol. The van der Waals surface area contributed by atoms with Gasteiger partial charge in [-0.1, -0.05) is 0 Å². The predicted molar refractivity (Wildman–Crippen MR) is 33.8 cm³/mol. The van der Waals surface area contributed by atoms with Gasteiger partial charge in [-0.25, -0.2) is 0 Å². The molecule has 2 saturated carbocycles. The minimum atomic E-state index is 0.988. The Labute approximate surface area is 50.7 Å². The lowest BCUT2D eigenvalue weighted by atomic mass is 10.5. The minimum Gasteiger partial charge on any atom is -0.300 e. The van der Waals surface area contributed by atoms with Crippen LogP contribution in [0.4, 0.5) is 0 Å². The molecule has 1 nitrogen and oxygen atoms in total. The van der Waals surface area contributed by atoms with Gasteiger partial charge in [0.05, 0.1) is 0 Å². The zero-order valence-corrected chi connectivity index (χ0v) is 5.43. The number of hydrogen-bond acceptors (Lipinski definition) is 1. The normalized spacial score (nSPS) is 29.2. The fourth-order valence-electron chi connectivity index (χ4n) is 1.26. The van der Waals surface area contributed by atoms with Crippen LogP contribution in [-0.4, -0.2) is 24.0 Å². The first-order valence-electron chi connectivity index (χ1n) is 3.60. The number of hydrogen-bond donors (Lipinski definition) is 0. The maximum atomic E-state index is 2.56. The third kappa shape index (κ3) is 0.752. The fourth-order valence-corrected chi connectivity index (χ4v) is 1.26. The van der Waals surface area contributed by atoms with E-state index in [0.717, 1.165) is 12.1 Å². The smallest absolute Gasteiger partial charge is 0.00963 e. The van der Waals surface area contributed by atoms with Crippen molar-refractivity contribution in [1.82, 2.24) is 4.90 Å². The van der Waals surface area contributed by atoms with Crippen LogP contribution in [-0.2, 0) is 0 Å². The molecule has 0 amide bonds. The molecular weight excluding hydrogens is 98.1 g/mol. The lowest BCUT2D eigenvalue weighted by Gasteiger charge is -2.12. The molecule has 0 aliphatic heterocycles. The molecule has 1 heteroatoms. The number of nitrogens with zero attached hydrogens (tertiary/aromatic N) is 1. The molecule has 0 radical (unpaired) electrons. The Morgan fingerprint density at radius 2 is 1.38 bits per heavy atom. The number of rotatable bonds is 2. The van der Waals surface area contributed by atoms with Gasteiger partial charge in [0.2, 0.25) is 0 Å². The summed E-state index contributed by atoms with van der Waals surface area (Å²) in [7, 11) is 2.27. The van der Waals surface area contributed by atoms with Crippen molar-refractivity contribution in [2.75, 3.05) is 7.05 Å². The topological polar surface area (TPSA) is 3.24 Å². The zero-order chi connectivity index (χ0) is 5.56. The van der Waals surface area contributed by atoms with Crippen molar-refractivity contribution in [2.45, 2.75) is 37.8 Å². The molecule has 0 atom stereocenters. The van der Waals surface area contributed by atoms with Crippen LogP contribution in [0.1, 0.15) is 25.7 Å². The molecule has 2 aliphatic carbocycles. The summed E-state index contributed by atoms with van der Waals surface area (Å²) in [5.41, 5.74) is 0. The minimum absolute atomic E-state index is 0.988. The molecular formula is C7H13N. The predicted octanol–water partition coefficient (Wildman–Crippen LogP) is 1.24. The quantitative estimate of drug-likeness (QED) is 0.518. The van der Waals surface area contributed by atoms with Crippen molar-refractivity contribution in [3.63, 3.8) is 0 Å². The molecule has 0 aromatic heterocycles. The molecule has 0 aromatic rings. The molecule has 0 aromatic carbocycles.